The highest BCUT2D eigenvalue weighted by Crippen LogP contribution is 2.50. The van der Waals surface area contributed by atoms with Crippen molar-refractivity contribution in [2.45, 2.75) is 57.7 Å². The van der Waals surface area contributed by atoms with Crippen LogP contribution in [-0.2, 0) is 9.59 Å². The molecule has 18 heteroatoms. The normalized spacial score (nSPS) is 18.0. The number of imide groups is 1. The molecule has 8 N–H and O–H groups in total. The number of carbonyl (C=O) groups excluding carboxylic acids is 3. The number of amides is 3. The lowest BCUT2D eigenvalue weighted by molar-refractivity contribution is -0.138. The zero-order valence-electron chi connectivity index (χ0n) is 21.3. The van der Waals surface area contributed by atoms with Gasteiger partial charge in [-0.2, -0.15) is 18.3 Å². The van der Waals surface area contributed by atoms with Gasteiger partial charge < -0.3 is 16.9 Å². The number of amidine groups is 1. The van der Waals surface area contributed by atoms with Crippen molar-refractivity contribution in [3.8, 4) is 0 Å². The van der Waals surface area contributed by atoms with Crippen LogP contribution in [0.2, 0.25) is 0 Å². The molecule has 222 valence electrons. The van der Waals surface area contributed by atoms with E-state index >= 15 is 0 Å². The Kier molecular flexibility index (Phi) is 9.65. The summed E-state index contributed by atoms with van der Waals surface area (Å²) in [5.41, 5.74) is 5.16. The number of rotatable bonds is 12. The van der Waals surface area contributed by atoms with E-state index in [1.807, 2.05) is 0 Å². The van der Waals surface area contributed by atoms with Crippen molar-refractivity contribution in [2.24, 2.45) is 46.2 Å². The third-order valence-corrected chi connectivity index (χ3v) is 6.60. The van der Waals surface area contributed by atoms with E-state index in [0.29, 0.717) is 6.08 Å². The Hall–Kier alpha value is -3.83. The van der Waals surface area contributed by atoms with Crippen molar-refractivity contribution in [3.05, 3.63) is 23.2 Å². The van der Waals surface area contributed by atoms with Crippen molar-refractivity contribution in [1.29, 1.82) is 0 Å². The van der Waals surface area contributed by atoms with Gasteiger partial charge in [0, 0.05) is 18.2 Å². The van der Waals surface area contributed by atoms with Gasteiger partial charge >= 0.3 is 6.18 Å². The summed E-state index contributed by atoms with van der Waals surface area (Å²) < 4.78 is 69.4. The zero-order valence-corrected chi connectivity index (χ0v) is 21.3. The molecule has 0 aromatic carbocycles. The van der Waals surface area contributed by atoms with Gasteiger partial charge in [0.15, 0.2) is 5.69 Å². The van der Waals surface area contributed by atoms with Crippen LogP contribution < -0.4 is 28.1 Å². The van der Waals surface area contributed by atoms with Gasteiger partial charge in [-0.05, 0) is 55.5 Å². The van der Waals surface area contributed by atoms with Gasteiger partial charge in [0.05, 0.1) is 5.92 Å². The molecular formula is C22H30F5N9O4. The topological polar surface area (TPSA) is 208 Å². The first-order valence-electron chi connectivity index (χ1n) is 12.3. The van der Waals surface area contributed by atoms with Gasteiger partial charge in [-0.1, -0.05) is 5.16 Å². The summed E-state index contributed by atoms with van der Waals surface area (Å²) in [7, 11) is 0. The fourth-order valence-corrected chi connectivity index (χ4v) is 4.57. The maximum absolute atomic E-state index is 13.2. The Morgan fingerprint density at radius 1 is 1.18 bits per heavy atom. The molecule has 0 aliphatic heterocycles. The van der Waals surface area contributed by atoms with E-state index in [1.54, 1.807) is 0 Å². The van der Waals surface area contributed by atoms with Crippen LogP contribution in [0, 0.1) is 30.6 Å². The highest BCUT2D eigenvalue weighted by molar-refractivity contribution is 6.05. The van der Waals surface area contributed by atoms with E-state index < -0.39 is 66.8 Å². The average Bonchev–Trinajstić information content (AvgIpc) is 3.77. The lowest BCUT2D eigenvalue weighted by Gasteiger charge is -2.28. The molecule has 3 amide bonds. The Bertz CT molecular complexity index is 1140. The first kappa shape index (κ1) is 30.7. The van der Waals surface area contributed by atoms with Crippen LogP contribution in [0.15, 0.2) is 21.5 Å². The van der Waals surface area contributed by atoms with Crippen molar-refractivity contribution < 1.29 is 41.0 Å². The van der Waals surface area contributed by atoms with Gasteiger partial charge in [-0.25, -0.2) is 19.3 Å². The molecular weight excluding hydrogens is 549 g/mol. The highest BCUT2D eigenvalue weighted by atomic mass is 19.4. The number of hydrazine groups is 1. The fourth-order valence-electron chi connectivity index (χ4n) is 4.57. The maximum atomic E-state index is 13.2. The van der Waals surface area contributed by atoms with Crippen LogP contribution in [0.25, 0.3) is 0 Å². The van der Waals surface area contributed by atoms with Gasteiger partial charge in [0.1, 0.15) is 24.1 Å². The molecule has 40 heavy (non-hydrogen) atoms. The molecule has 2 atom stereocenters. The van der Waals surface area contributed by atoms with E-state index in [2.05, 4.69) is 30.7 Å². The summed E-state index contributed by atoms with van der Waals surface area (Å²) in [6.45, 7) is -0.310. The second-order valence-electron chi connectivity index (χ2n) is 9.81. The minimum Gasteiger partial charge on any atom is -0.401 e. The number of halogens is 5. The summed E-state index contributed by atoms with van der Waals surface area (Å²) in [5, 5.41) is 14.8. The quantitative estimate of drug-likeness (QED) is 0.0584. The zero-order chi connectivity index (χ0) is 29.8. The molecule has 1 aromatic rings. The maximum Gasteiger partial charge on any atom is 0.407 e. The molecule has 0 spiro atoms. The van der Waals surface area contributed by atoms with E-state index in [1.165, 1.54) is 6.92 Å². The molecule has 2 aliphatic rings. The molecule has 0 saturated heterocycles. The standard InChI is InChI=1S/C22H30F5N9O4/c1-9-17(35-40-34-9)20(38)32-18(16(10-2-3-10)11-4-5-11)21(39)31-15(37)7-13(28)12(6-14(23)24)19(33-29)36(30)8-22(25,26)27/h7,10-12,14,16,18H,2-6,8,28-30H2,1H3,(H,32,38)(H,31,37,39)/b13-7-,33-19-. The molecule has 1 aromatic heterocycles. The van der Waals surface area contributed by atoms with E-state index in [9.17, 15) is 36.3 Å². The molecule has 3 rings (SSSR count). The summed E-state index contributed by atoms with van der Waals surface area (Å²) in [5.74, 6) is 5.00. The second kappa shape index (κ2) is 12.6. The monoisotopic (exact) mass is 579 g/mol. The number of alkyl halides is 5. The summed E-state index contributed by atoms with van der Waals surface area (Å²) in [6.07, 6.45) is -5.21. The van der Waals surface area contributed by atoms with Crippen LogP contribution in [0.3, 0.4) is 0 Å². The largest absolute Gasteiger partial charge is 0.407 e. The van der Waals surface area contributed by atoms with Crippen molar-refractivity contribution in [3.63, 3.8) is 0 Å². The van der Waals surface area contributed by atoms with Gasteiger partial charge in [0.25, 0.3) is 11.8 Å². The van der Waals surface area contributed by atoms with Crippen LogP contribution in [0.4, 0.5) is 22.0 Å². The van der Waals surface area contributed by atoms with Gasteiger partial charge in [-0.3, -0.25) is 24.7 Å². The van der Waals surface area contributed by atoms with Crippen LogP contribution >= 0.6 is 0 Å². The molecule has 2 unspecified atom stereocenters. The number of nitrogens with zero attached hydrogens (tertiary/aromatic N) is 4. The number of nitrogens with one attached hydrogen (secondary N) is 2. The SMILES string of the molecule is Cc1nonc1C(=O)NC(C(=O)NC(=O)/C=C(\N)C(CC(F)F)/C(=N/N)N(N)CC(F)(F)F)C(C1CC1)C1CC1. The molecule has 1 heterocycles. The third-order valence-electron chi connectivity index (χ3n) is 6.60. The number of carbonyl (C=O) groups is 3. The van der Waals surface area contributed by atoms with E-state index in [0.717, 1.165) is 25.7 Å². The van der Waals surface area contributed by atoms with Crippen LogP contribution in [-0.4, -0.2) is 64.1 Å². The Labute approximate surface area is 224 Å². The molecule has 0 bridgehead atoms. The fraction of sp³-hybridized carbons (Fsp3) is 0.636. The Morgan fingerprint density at radius 2 is 1.77 bits per heavy atom. The van der Waals surface area contributed by atoms with E-state index in [-0.39, 0.29) is 34.2 Å². The molecule has 0 radical (unpaired) electrons. The molecule has 2 aliphatic carbocycles. The summed E-state index contributed by atoms with van der Waals surface area (Å²) in [6, 6.07) is -1.16. The Morgan fingerprint density at radius 3 is 2.23 bits per heavy atom. The lowest BCUT2D eigenvalue weighted by atomic mass is 9.88. The number of hydrogen-bond donors (Lipinski definition) is 5. The highest BCUT2D eigenvalue weighted by Gasteiger charge is 2.48. The number of aryl methyl sites for hydroxylation is 1. The van der Waals surface area contributed by atoms with Gasteiger partial charge in [0.2, 0.25) is 12.3 Å². The number of aromatic nitrogens is 2. The molecule has 13 nitrogen and oxygen atoms in total. The average molecular weight is 580 g/mol. The smallest absolute Gasteiger partial charge is 0.401 e. The van der Waals surface area contributed by atoms with Crippen LogP contribution in [0.5, 0.6) is 0 Å². The van der Waals surface area contributed by atoms with Crippen molar-refractivity contribution in [2.75, 3.05) is 6.54 Å². The first-order chi connectivity index (χ1) is 18.7. The number of hydrazone groups is 1. The van der Waals surface area contributed by atoms with Crippen LogP contribution in [0.1, 0.15) is 48.3 Å². The van der Waals surface area contributed by atoms with Crippen molar-refractivity contribution in [1.82, 2.24) is 26.0 Å². The second-order valence-corrected chi connectivity index (χ2v) is 9.81. The number of nitrogens with two attached hydrogens (primary N) is 3. The predicted molar refractivity (Wildman–Crippen MR) is 127 cm³/mol. The van der Waals surface area contributed by atoms with Gasteiger partial charge in [-0.15, -0.1) is 0 Å². The van der Waals surface area contributed by atoms with E-state index in [4.69, 9.17) is 17.4 Å². The third kappa shape index (κ3) is 8.33. The minimum absolute atomic E-state index is 0.00101. The minimum atomic E-state index is -4.83. The summed E-state index contributed by atoms with van der Waals surface area (Å²) >= 11 is 0. The molecule has 2 saturated carbocycles. The molecule has 2 fully saturated rings. The first-order valence-corrected chi connectivity index (χ1v) is 12.3. The Balaban J connectivity index is 1.80. The lowest BCUT2D eigenvalue weighted by Crippen LogP contribution is -2.53. The number of hydrogen-bond acceptors (Lipinski definition) is 10. The summed E-state index contributed by atoms with van der Waals surface area (Å²) in [4.78, 5) is 38.7. The predicted octanol–water partition coefficient (Wildman–Crippen LogP) is 0.680. The van der Waals surface area contributed by atoms with Crippen molar-refractivity contribution >= 4 is 23.6 Å².